The monoisotopic (exact) mass is 491 g/mol. The molecule has 2 unspecified atom stereocenters. The fourth-order valence-corrected chi connectivity index (χ4v) is 6.48. The van der Waals surface area contributed by atoms with Crippen LogP contribution in [-0.2, 0) is 22.4 Å². The number of ketones is 1. The normalized spacial score (nSPS) is 18.0. The van der Waals surface area contributed by atoms with E-state index in [4.69, 9.17) is 4.74 Å². The molecule has 1 saturated heterocycles. The average molecular weight is 492 g/mol. The molecule has 3 N–H and O–H groups in total. The van der Waals surface area contributed by atoms with Crippen molar-refractivity contribution in [3.63, 3.8) is 0 Å². The molecule has 34 heavy (non-hydrogen) atoms. The summed E-state index contributed by atoms with van der Waals surface area (Å²) >= 11 is 1.47. The van der Waals surface area contributed by atoms with Gasteiger partial charge in [0.2, 0.25) is 0 Å². The number of carbonyl (C=O) groups excluding carboxylic acids is 3. The zero-order valence-corrected chi connectivity index (χ0v) is 21.8. The van der Waals surface area contributed by atoms with E-state index < -0.39 is 12.1 Å². The lowest BCUT2D eigenvalue weighted by atomic mass is 9.81. The van der Waals surface area contributed by atoms with Crippen LogP contribution in [0.2, 0.25) is 0 Å². The number of ether oxygens (including phenoxy) is 1. The molecule has 0 bridgehead atoms. The van der Waals surface area contributed by atoms with Gasteiger partial charge < -0.3 is 15.4 Å². The van der Waals surface area contributed by atoms with Crippen molar-refractivity contribution in [2.45, 2.75) is 91.0 Å². The minimum absolute atomic E-state index is 0.0377. The Morgan fingerprint density at radius 3 is 2.53 bits per heavy atom. The average Bonchev–Trinajstić information content (AvgIpc) is 3.21. The summed E-state index contributed by atoms with van der Waals surface area (Å²) in [5, 5.41) is 9.85. The fourth-order valence-electron chi connectivity index (χ4n) is 5.20. The van der Waals surface area contributed by atoms with Gasteiger partial charge in [0.1, 0.15) is 5.00 Å². The number of urea groups is 1. The van der Waals surface area contributed by atoms with Gasteiger partial charge in [-0.25, -0.2) is 9.59 Å². The number of Topliss-reactive ketones (excluding diaryl/α,β-unsaturated/α-hetero) is 1. The molecular weight excluding hydrogens is 450 g/mol. The number of fused-ring (bicyclic) bond motifs is 1. The second-order valence-corrected chi connectivity index (χ2v) is 10.6. The summed E-state index contributed by atoms with van der Waals surface area (Å²) in [6.07, 6.45) is 9.30. The van der Waals surface area contributed by atoms with Crippen LogP contribution in [0.25, 0.3) is 0 Å². The van der Waals surface area contributed by atoms with Crippen molar-refractivity contribution in [2.75, 3.05) is 25.0 Å². The number of unbranched alkanes of at least 4 members (excludes halogenated alkanes) is 1. The Morgan fingerprint density at radius 2 is 1.85 bits per heavy atom. The smallest absolute Gasteiger partial charge is 0.341 e. The third kappa shape index (κ3) is 6.60. The Labute approximate surface area is 207 Å². The highest BCUT2D eigenvalue weighted by atomic mass is 32.1. The summed E-state index contributed by atoms with van der Waals surface area (Å²) in [7, 11) is 0. The van der Waals surface area contributed by atoms with Crippen molar-refractivity contribution in [2.24, 2.45) is 11.8 Å². The summed E-state index contributed by atoms with van der Waals surface area (Å²) in [5.74, 6) is -0.150. The minimum atomic E-state index is -0.510. The van der Waals surface area contributed by atoms with Gasteiger partial charge in [0.15, 0.2) is 5.78 Å². The Bertz CT molecular complexity index is 847. The Kier molecular flexibility index (Phi) is 10.4. The largest absolute Gasteiger partial charge is 0.462 e. The molecule has 0 radical (unpaired) electrons. The molecule has 2 aliphatic rings. The van der Waals surface area contributed by atoms with Gasteiger partial charge in [0.25, 0.3) is 0 Å². The van der Waals surface area contributed by atoms with Crippen molar-refractivity contribution in [3.05, 3.63) is 16.0 Å². The van der Waals surface area contributed by atoms with E-state index in [1.807, 2.05) is 0 Å². The number of nitrogens with one attached hydrogen (secondary N) is 3. The van der Waals surface area contributed by atoms with Gasteiger partial charge in [0.05, 0.1) is 18.2 Å². The van der Waals surface area contributed by atoms with Crippen LogP contribution >= 0.6 is 11.3 Å². The molecule has 7 nitrogen and oxygen atoms in total. The van der Waals surface area contributed by atoms with Crippen LogP contribution in [0.15, 0.2) is 0 Å². The lowest BCUT2D eigenvalue weighted by Gasteiger charge is -2.32. The van der Waals surface area contributed by atoms with E-state index >= 15 is 0 Å². The van der Waals surface area contributed by atoms with Gasteiger partial charge in [0, 0.05) is 10.8 Å². The van der Waals surface area contributed by atoms with Crippen molar-refractivity contribution >= 4 is 34.1 Å². The van der Waals surface area contributed by atoms with E-state index in [2.05, 4.69) is 29.8 Å². The number of hydrogen-bond acceptors (Lipinski definition) is 6. The van der Waals surface area contributed by atoms with E-state index in [1.54, 1.807) is 6.92 Å². The third-order valence-corrected chi connectivity index (χ3v) is 8.33. The summed E-state index contributed by atoms with van der Waals surface area (Å²) in [6, 6.07) is -0.920. The maximum atomic E-state index is 13.6. The van der Waals surface area contributed by atoms with Gasteiger partial charge >= 0.3 is 12.0 Å². The van der Waals surface area contributed by atoms with Crippen molar-refractivity contribution in [1.29, 1.82) is 0 Å². The van der Waals surface area contributed by atoms with Crippen LogP contribution in [-0.4, -0.2) is 43.5 Å². The summed E-state index contributed by atoms with van der Waals surface area (Å²) in [6.45, 7) is 7.98. The SMILES string of the molecule is CCCCC(CC)C(=O)C(NC(=O)Nc1sc2c(c1C(=O)OCC)CCCC2)C1CCNCC1. The highest BCUT2D eigenvalue weighted by Gasteiger charge is 2.35. The molecule has 2 heterocycles. The molecule has 8 heteroatoms. The predicted octanol–water partition coefficient (Wildman–Crippen LogP) is 5.08. The number of rotatable bonds is 11. The summed E-state index contributed by atoms with van der Waals surface area (Å²) in [5.41, 5.74) is 1.51. The van der Waals surface area contributed by atoms with E-state index in [-0.39, 0.29) is 30.2 Å². The van der Waals surface area contributed by atoms with Gasteiger partial charge in [-0.1, -0.05) is 26.7 Å². The minimum Gasteiger partial charge on any atom is -0.462 e. The molecule has 2 atom stereocenters. The van der Waals surface area contributed by atoms with Crippen LogP contribution < -0.4 is 16.0 Å². The first-order chi connectivity index (χ1) is 16.5. The van der Waals surface area contributed by atoms with E-state index in [1.165, 1.54) is 11.3 Å². The topological polar surface area (TPSA) is 96.5 Å². The van der Waals surface area contributed by atoms with Gasteiger partial charge in [-0.3, -0.25) is 10.1 Å². The van der Waals surface area contributed by atoms with Crippen LogP contribution in [0.3, 0.4) is 0 Å². The number of esters is 1. The zero-order chi connectivity index (χ0) is 24.5. The lowest BCUT2D eigenvalue weighted by molar-refractivity contribution is -0.126. The molecule has 0 spiro atoms. The highest BCUT2D eigenvalue weighted by molar-refractivity contribution is 7.17. The molecule has 1 aliphatic carbocycles. The van der Waals surface area contributed by atoms with Crippen LogP contribution in [0, 0.1) is 11.8 Å². The second-order valence-electron chi connectivity index (χ2n) is 9.45. The molecular formula is C26H41N3O4S. The second kappa shape index (κ2) is 13.2. The third-order valence-electron chi connectivity index (χ3n) is 7.13. The number of anilines is 1. The van der Waals surface area contributed by atoms with Crippen molar-refractivity contribution in [1.82, 2.24) is 10.6 Å². The molecule has 0 saturated carbocycles. The Hall–Kier alpha value is -1.93. The lowest BCUT2D eigenvalue weighted by Crippen LogP contribution is -2.51. The number of hydrogen-bond donors (Lipinski definition) is 3. The van der Waals surface area contributed by atoms with Gasteiger partial charge in [-0.15, -0.1) is 11.3 Å². The first-order valence-corrected chi connectivity index (χ1v) is 13.9. The number of thiophene rings is 1. The van der Waals surface area contributed by atoms with Crippen molar-refractivity contribution in [3.8, 4) is 0 Å². The molecule has 1 fully saturated rings. The Morgan fingerprint density at radius 1 is 1.12 bits per heavy atom. The number of amides is 2. The zero-order valence-electron chi connectivity index (χ0n) is 21.0. The molecule has 3 rings (SSSR count). The molecule has 1 aromatic rings. The number of aryl methyl sites for hydroxylation is 1. The summed E-state index contributed by atoms with van der Waals surface area (Å²) in [4.78, 5) is 40.6. The summed E-state index contributed by atoms with van der Waals surface area (Å²) < 4.78 is 5.31. The highest BCUT2D eigenvalue weighted by Crippen LogP contribution is 2.38. The van der Waals surface area contributed by atoms with Gasteiger partial charge in [-0.2, -0.15) is 0 Å². The predicted molar refractivity (Wildman–Crippen MR) is 137 cm³/mol. The number of piperidine rings is 1. The van der Waals surface area contributed by atoms with Gasteiger partial charge in [-0.05, 0) is 82.9 Å². The van der Waals surface area contributed by atoms with Crippen LogP contribution in [0.5, 0.6) is 0 Å². The van der Waals surface area contributed by atoms with E-state index in [9.17, 15) is 14.4 Å². The molecule has 1 aliphatic heterocycles. The first-order valence-electron chi connectivity index (χ1n) is 13.1. The number of carbonyl (C=O) groups is 3. The van der Waals surface area contributed by atoms with E-state index in [0.29, 0.717) is 10.6 Å². The molecule has 2 amide bonds. The maximum absolute atomic E-state index is 13.6. The first kappa shape index (κ1) is 26.7. The van der Waals surface area contributed by atoms with Crippen LogP contribution in [0.1, 0.15) is 92.9 Å². The van der Waals surface area contributed by atoms with Crippen molar-refractivity contribution < 1.29 is 19.1 Å². The Balaban J connectivity index is 1.79. The standard InChI is InChI=1S/C26H41N3O4S/c1-4-7-10-17(5-2)23(30)22(18-13-15-27-16-14-18)28-26(32)29-24-21(25(31)33-6-3)19-11-8-9-12-20(19)34-24/h17-18,22,27H,4-16H2,1-3H3,(H2,28,29,32). The quantitative estimate of drug-likeness (QED) is 0.375. The molecule has 1 aromatic heterocycles. The maximum Gasteiger partial charge on any atom is 0.341 e. The van der Waals surface area contributed by atoms with E-state index in [0.717, 1.165) is 87.7 Å². The van der Waals surface area contributed by atoms with Crippen LogP contribution in [0.4, 0.5) is 9.80 Å². The molecule has 0 aromatic carbocycles. The fraction of sp³-hybridized carbons (Fsp3) is 0.731. The molecule has 190 valence electrons.